The van der Waals surface area contributed by atoms with Gasteiger partial charge in [-0.1, -0.05) is 6.07 Å². The molecule has 0 aliphatic rings. The summed E-state index contributed by atoms with van der Waals surface area (Å²) < 4.78 is 12.9. The summed E-state index contributed by atoms with van der Waals surface area (Å²) in [7, 11) is 1.63. The summed E-state index contributed by atoms with van der Waals surface area (Å²) in [5.74, 6) is 1.33. The summed E-state index contributed by atoms with van der Waals surface area (Å²) >= 11 is 0. The van der Waals surface area contributed by atoms with Crippen LogP contribution >= 0.6 is 0 Å². The quantitative estimate of drug-likeness (QED) is 0.580. The third-order valence-corrected chi connectivity index (χ3v) is 3.75. The van der Waals surface area contributed by atoms with E-state index in [9.17, 15) is 0 Å². The SMILES string of the molecule is COc1ccc2oc(-c3ccc(C)c(-n4cnnc4)c3)nc2c1. The Morgan fingerprint density at radius 1 is 1.04 bits per heavy atom. The largest absolute Gasteiger partial charge is 0.497 e. The number of ether oxygens (including phenoxy) is 1. The molecule has 6 heteroatoms. The van der Waals surface area contributed by atoms with Crippen LogP contribution in [-0.2, 0) is 0 Å². The summed E-state index contributed by atoms with van der Waals surface area (Å²) in [6.45, 7) is 2.04. The van der Waals surface area contributed by atoms with Crippen molar-refractivity contribution in [2.45, 2.75) is 6.92 Å². The van der Waals surface area contributed by atoms with Crippen LogP contribution in [0.3, 0.4) is 0 Å². The molecule has 0 bridgehead atoms. The maximum atomic E-state index is 5.86. The van der Waals surface area contributed by atoms with E-state index in [1.165, 1.54) is 0 Å². The highest BCUT2D eigenvalue weighted by molar-refractivity contribution is 5.78. The summed E-state index contributed by atoms with van der Waals surface area (Å²) in [5.41, 5.74) is 4.51. The monoisotopic (exact) mass is 306 g/mol. The molecule has 0 aliphatic heterocycles. The number of aromatic nitrogens is 4. The molecule has 2 heterocycles. The first-order valence-corrected chi connectivity index (χ1v) is 7.15. The second-order valence-electron chi connectivity index (χ2n) is 5.22. The Morgan fingerprint density at radius 2 is 1.87 bits per heavy atom. The van der Waals surface area contributed by atoms with Crippen molar-refractivity contribution >= 4 is 11.1 Å². The van der Waals surface area contributed by atoms with Gasteiger partial charge in [-0.15, -0.1) is 10.2 Å². The second kappa shape index (κ2) is 5.24. The van der Waals surface area contributed by atoms with Crippen LogP contribution in [-0.4, -0.2) is 26.9 Å². The normalized spacial score (nSPS) is 11.0. The second-order valence-corrected chi connectivity index (χ2v) is 5.22. The lowest BCUT2D eigenvalue weighted by atomic mass is 10.1. The van der Waals surface area contributed by atoms with E-state index >= 15 is 0 Å². The number of nitrogens with zero attached hydrogens (tertiary/aromatic N) is 4. The van der Waals surface area contributed by atoms with Crippen LogP contribution in [0.2, 0.25) is 0 Å². The molecule has 0 amide bonds. The lowest BCUT2D eigenvalue weighted by Crippen LogP contribution is -1.94. The van der Waals surface area contributed by atoms with E-state index in [1.807, 2.05) is 47.9 Å². The average Bonchev–Trinajstić information content (AvgIpc) is 3.24. The van der Waals surface area contributed by atoms with Crippen LogP contribution in [0.1, 0.15) is 5.56 Å². The minimum Gasteiger partial charge on any atom is -0.497 e. The van der Waals surface area contributed by atoms with Crippen LogP contribution in [0.15, 0.2) is 53.5 Å². The highest BCUT2D eigenvalue weighted by Crippen LogP contribution is 2.28. The summed E-state index contributed by atoms with van der Waals surface area (Å²) in [6, 6.07) is 11.6. The van der Waals surface area contributed by atoms with Crippen molar-refractivity contribution in [3.8, 4) is 22.9 Å². The molecule has 4 rings (SSSR count). The van der Waals surface area contributed by atoms with Crippen LogP contribution in [0.4, 0.5) is 0 Å². The van der Waals surface area contributed by atoms with Crippen LogP contribution in [0, 0.1) is 6.92 Å². The average molecular weight is 306 g/mol. The van der Waals surface area contributed by atoms with Crippen LogP contribution < -0.4 is 4.74 Å². The third-order valence-electron chi connectivity index (χ3n) is 3.75. The summed E-state index contributed by atoms with van der Waals surface area (Å²) in [5, 5.41) is 7.71. The van der Waals surface area contributed by atoms with Crippen LogP contribution in [0.5, 0.6) is 5.75 Å². The van der Waals surface area contributed by atoms with E-state index in [-0.39, 0.29) is 0 Å². The van der Waals surface area contributed by atoms with Gasteiger partial charge in [0.15, 0.2) is 5.58 Å². The lowest BCUT2D eigenvalue weighted by molar-refractivity contribution is 0.415. The number of hydrogen-bond acceptors (Lipinski definition) is 5. The molecule has 0 saturated heterocycles. The van der Waals surface area contributed by atoms with Gasteiger partial charge in [0.25, 0.3) is 0 Å². The minimum absolute atomic E-state index is 0.572. The zero-order valence-electron chi connectivity index (χ0n) is 12.7. The first kappa shape index (κ1) is 13.5. The van der Waals surface area contributed by atoms with Crippen LogP contribution in [0.25, 0.3) is 28.2 Å². The van der Waals surface area contributed by atoms with Gasteiger partial charge in [0.2, 0.25) is 5.89 Å². The molecule has 23 heavy (non-hydrogen) atoms. The topological polar surface area (TPSA) is 66.0 Å². The fourth-order valence-corrected chi connectivity index (χ4v) is 2.50. The van der Waals surface area contributed by atoms with Gasteiger partial charge < -0.3 is 9.15 Å². The van der Waals surface area contributed by atoms with Gasteiger partial charge >= 0.3 is 0 Å². The van der Waals surface area contributed by atoms with Crippen molar-refractivity contribution in [1.29, 1.82) is 0 Å². The molecule has 0 N–H and O–H groups in total. The van der Waals surface area contributed by atoms with E-state index < -0.39 is 0 Å². The lowest BCUT2D eigenvalue weighted by Gasteiger charge is -2.07. The number of fused-ring (bicyclic) bond motifs is 1. The summed E-state index contributed by atoms with van der Waals surface area (Å²) in [4.78, 5) is 4.56. The highest BCUT2D eigenvalue weighted by atomic mass is 16.5. The van der Waals surface area contributed by atoms with Crippen molar-refractivity contribution in [2.75, 3.05) is 7.11 Å². The van der Waals surface area contributed by atoms with Crippen molar-refractivity contribution in [2.24, 2.45) is 0 Å². The first-order chi connectivity index (χ1) is 11.2. The van der Waals surface area contributed by atoms with Gasteiger partial charge in [-0.25, -0.2) is 4.98 Å². The molecule has 0 fully saturated rings. The first-order valence-electron chi connectivity index (χ1n) is 7.15. The number of benzene rings is 2. The number of hydrogen-bond donors (Lipinski definition) is 0. The summed E-state index contributed by atoms with van der Waals surface area (Å²) in [6.07, 6.45) is 3.34. The Bertz CT molecular complexity index is 974. The van der Waals surface area contributed by atoms with Crippen molar-refractivity contribution < 1.29 is 9.15 Å². The van der Waals surface area contributed by atoms with Crippen molar-refractivity contribution in [3.05, 3.63) is 54.6 Å². The van der Waals surface area contributed by atoms with Crippen molar-refractivity contribution in [1.82, 2.24) is 19.7 Å². The van der Waals surface area contributed by atoms with Gasteiger partial charge in [0, 0.05) is 11.6 Å². The molecule has 0 saturated carbocycles. The van der Waals surface area contributed by atoms with Crippen molar-refractivity contribution in [3.63, 3.8) is 0 Å². The molecule has 0 unspecified atom stereocenters. The predicted octanol–water partition coefficient (Wildman–Crippen LogP) is 3.39. The number of methoxy groups -OCH3 is 1. The predicted molar refractivity (Wildman–Crippen MR) is 85.7 cm³/mol. The molecule has 0 aliphatic carbocycles. The zero-order valence-corrected chi connectivity index (χ0v) is 12.7. The standard InChI is InChI=1S/C17H14N4O2/c1-11-3-4-12(7-15(11)21-9-18-19-10-21)17-20-14-8-13(22-2)5-6-16(14)23-17/h3-10H,1-2H3. The maximum Gasteiger partial charge on any atom is 0.227 e. The Balaban J connectivity index is 1.83. The molecular formula is C17H14N4O2. The van der Waals surface area contributed by atoms with E-state index in [4.69, 9.17) is 9.15 Å². The zero-order chi connectivity index (χ0) is 15.8. The van der Waals surface area contributed by atoms with Gasteiger partial charge in [-0.3, -0.25) is 4.57 Å². The Hall–Kier alpha value is -3.15. The Morgan fingerprint density at radius 3 is 2.65 bits per heavy atom. The maximum absolute atomic E-state index is 5.86. The Kier molecular flexibility index (Phi) is 3.08. The van der Waals surface area contributed by atoms with Gasteiger partial charge in [-0.2, -0.15) is 0 Å². The minimum atomic E-state index is 0.572. The smallest absolute Gasteiger partial charge is 0.227 e. The molecule has 0 atom stereocenters. The fourth-order valence-electron chi connectivity index (χ4n) is 2.50. The third kappa shape index (κ3) is 2.34. The highest BCUT2D eigenvalue weighted by Gasteiger charge is 2.11. The van der Waals surface area contributed by atoms with E-state index in [2.05, 4.69) is 15.2 Å². The Labute approximate surface area is 132 Å². The molecule has 2 aromatic carbocycles. The molecule has 4 aromatic rings. The van der Waals surface area contributed by atoms with Gasteiger partial charge in [-0.05, 0) is 36.8 Å². The van der Waals surface area contributed by atoms with Gasteiger partial charge in [0.1, 0.15) is 23.9 Å². The molecular weight excluding hydrogens is 292 g/mol. The number of oxazole rings is 1. The molecule has 0 radical (unpaired) electrons. The fraction of sp³-hybridized carbons (Fsp3) is 0.118. The molecule has 0 spiro atoms. The van der Waals surface area contributed by atoms with Gasteiger partial charge in [0.05, 0.1) is 12.8 Å². The molecule has 2 aromatic heterocycles. The number of rotatable bonds is 3. The van der Waals surface area contributed by atoms with E-state index in [0.29, 0.717) is 5.89 Å². The molecule has 114 valence electrons. The van der Waals surface area contributed by atoms with E-state index in [0.717, 1.165) is 33.7 Å². The van der Waals surface area contributed by atoms with E-state index in [1.54, 1.807) is 19.8 Å². The number of aryl methyl sites for hydroxylation is 1. The molecule has 6 nitrogen and oxygen atoms in total.